The van der Waals surface area contributed by atoms with E-state index in [1.807, 2.05) is 31.2 Å². The molecule has 1 rings (SSSR count). The highest BCUT2D eigenvalue weighted by Gasteiger charge is 2.18. The van der Waals surface area contributed by atoms with Gasteiger partial charge in [-0.1, -0.05) is 18.2 Å². The van der Waals surface area contributed by atoms with E-state index in [4.69, 9.17) is 5.11 Å². The average Bonchev–Trinajstić information content (AvgIpc) is 2.37. The maximum Gasteiger partial charge on any atom is 0.304 e. The van der Waals surface area contributed by atoms with E-state index in [9.17, 15) is 9.59 Å². The normalized spacial score (nSPS) is 12.2. The highest BCUT2D eigenvalue weighted by atomic mass is 16.4. The van der Waals surface area contributed by atoms with E-state index in [2.05, 4.69) is 5.32 Å². The zero-order valence-corrected chi connectivity index (χ0v) is 11.5. The number of carbonyl (C=O) groups excluding carboxylic acids is 1. The first kappa shape index (κ1) is 15.2. The summed E-state index contributed by atoms with van der Waals surface area (Å²) in [6, 6.07) is 7.17. The molecule has 0 saturated carbocycles. The number of rotatable bonds is 6. The molecule has 0 aliphatic rings. The van der Waals surface area contributed by atoms with Gasteiger partial charge in [0.25, 0.3) is 0 Å². The Labute approximate surface area is 113 Å². The second-order valence-corrected chi connectivity index (χ2v) is 4.60. The minimum absolute atomic E-state index is 0.0263. The lowest BCUT2D eigenvalue weighted by atomic mass is 10.2. The Hall–Kier alpha value is -1.88. The topological polar surface area (TPSA) is 69.6 Å². The van der Waals surface area contributed by atoms with E-state index in [0.717, 1.165) is 11.3 Å². The minimum Gasteiger partial charge on any atom is -0.481 e. The van der Waals surface area contributed by atoms with E-state index in [0.29, 0.717) is 6.54 Å². The van der Waals surface area contributed by atoms with Crippen LogP contribution in [0.25, 0.3) is 0 Å². The summed E-state index contributed by atoms with van der Waals surface area (Å²) in [7, 11) is 1.74. The van der Waals surface area contributed by atoms with Crippen molar-refractivity contribution in [2.45, 2.75) is 26.3 Å². The van der Waals surface area contributed by atoms with Gasteiger partial charge in [-0.2, -0.15) is 0 Å². The summed E-state index contributed by atoms with van der Waals surface area (Å²) in [5.74, 6) is -0.999. The predicted octanol–water partition coefficient (Wildman–Crippen LogP) is 1.73. The van der Waals surface area contributed by atoms with Crippen molar-refractivity contribution in [1.29, 1.82) is 0 Å². The summed E-state index contributed by atoms with van der Waals surface area (Å²) in [6.45, 7) is 4.03. The summed E-state index contributed by atoms with van der Waals surface area (Å²) in [4.78, 5) is 24.3. The predicted molar refractivity (Wildman–Crippen MR) is 74.2 cm³/mol. The summed E-state index contributed by atoms with van der Waals surface area (Å²) >= 11 is 0. The van der Waals surface area contributed by atoms with Gasteiger partial charge in [0, 0.05) is 12.2 Å². The number of aryl methyl sites for hydroxylation is 1. The van der Waals surface area contributed by atoms with Crippen molar-refractivity contribution in [3.8, 4) is 0 Å². The van der Waals surface area contributed by atoms with Crippen LogP contribution in [0.15, 0.2) is 24.3 Å². The molecule has 0 heterocycles. The number of carbonyl (C=O) groups is 2. The number of hydrogen-bond donors (Lipinski definition) is 2. The lowest BCUT2D eigenvalue weighted by Crippen LogP contribution is -2.40. The van der Waals surface area contributed by atoms with Crippen LogP contribution in [0.3, 0.4) is 0 Å². The fraction of sp³-hybridized carbons (Fsp3) is 0.429. The quantitative estimate of drug-likeness (QED) is 0.821. The molecule has 2 N–H and O–H groups in total. The number of amides is 1. The number of anilines is 1. The number of nitrogens with one attached hydrogen (secondary N) is 1. The number of nitrogens with zero attached hydrogens (tertiary/aromatic N) is 1. The van der Waals surface area contributed by atoms with Crippen molar-refractivity contribution < 1.29 is 14.7 Å². The Kier molecular flexibility index (Phi) is 5.51. The van der Waals surface area contributed by atoms with Gasteiger partial charge >= 0.3 is 5.97 Å². The monoisotopic (exact) mass is 264 g/mol. The molecule has 1 atom stereocenters. The fourth-order valence-corrected chi connectivity index (χ4v) is 1.62. The number of hydrogen-bond acceptors (Lipinski definition) is 3. The van der Waals surface area contributed by atoms with Crippen LogP contribution < -0.4 is 5.32 Å². The van der Waals surface area contributed by atoms with Crippen molar-refractivity contribution >= 4 is 17.6 Å². The summed E-state index contributed by atoms with van der Waals surface area (Å²) in [6.07, 6.45) is 0.0263. The van der Waals surface area contributed by atoms with Crippen LogP contribution in [0.2, 0.25) is 0 Å². The van der Waals surface area contributed by atoms with Crippen molar-refractivity contribution in [3.05, 3.63) is 29.8 Å². The van der Waals surface area contributed by atoms with Gasteiger partial charge in [-0.05, 0) is 32.5 Å². The van der Waals surface area contributed by atoms with Crippen molar-refractivity contribution in [1.82, 2.24) is 4.90 Å². The van der Waals surface area contributed by atoms with Gasteiger partial charge in [0.15, 0.2) is 0 Å². The second kappa shape index (κ2) is 6.89. The smallest absolute Gasteiger partial charge is 0.304 e. The van der Waals surface area contributed by atoms with Crippen LogP contribution in [-0.4, -0.2) is 41.5 Å². The number of para-hydroxylation sites is 1. The fourth-order valence-electron chi connectivity index (χ4n) is 1.62. The molecule has 1 amide bonds. The molecule has 0 aliphatic heterocycles. The highest BCUT2D eigenvalue weighted by Crippen LogP contribution is 2.14. The molecule has 1 unspecified atom stereocenters. The summed E-state index contributed by atoms with van der Waals surface area (Å²) in [5.41, 5.74) is 1.78. The van der Waals surface area contributed by atoms with Gasteiger partial charge < -0.3 is 10.4 Å². The van der Waals surface area contributed by atoms with Gasteiger partial charge in [0.05, 0.1) is 12.5 Å². The van der Waals surface area contributed by atoms with Gasteiger partial charge in [0.2, 0.25) is 5.91 Å². The van der Waals surface area contributed by atoms with Crippen LogP contribution in [0.4, 0.5) is 5.69 Å². The van der Waals surface area contributed by atoms with Crippen LogP contribution >= 0.6 is 0 Å². The molecular formula is C14H20N2O3. The van der Waals surface area contributed by atoms with E-state index in [-0.39, 0.29) is 18.4 Å². The first-order valence-corrected chi connectivity index (χ1v) is 6.20. The van der Waals surface area contributed by atoms with Crippen molar-refractivity contribution in [2.75, 3.05) is 18.9 Å². The number of carboxylic acid groups (broad SMARTS) is 1. The molecule has 104 valence electrons. The molecule has 19 heavy (non-hydrogen) atoms. The molecular weight excluding hydrogens is 244 g/mol. The van der Waals surface area contributed by atoms with Crippen LogP contribution in [0.1, 0.15) is 18.9 Å². The lowest BCUT2D eigenvalue weighted by Gasteiger charge is -2.23. The summed E-state index contributed by atoms with van der Waals surface area (Å²) < 4.78 is 0. The molecule has 0 aliphatic carbocycles. The standard InChI is InChI=1S/C14H20N2O3/c1-10-6-4-5-7-12(10)15-14(19)11(2)16(3)9-8-13(17)18/h4-7,11H,8-9H2,1-3H3,(H,15,19)(H,17,18). The lowest BCUT2D eigenvalue weighted by molar-refractivity contribution is -0.137. The van der Waals surface area contributed by atoms with Gasteiger partial charge in [0.1, 0.15) is 0 Å². The molecule has 0 radical (unpaired) electrons. The number of aliphatic carboxylic acids is 1. The maximum absolute atomic E-state index is 12.1. The third-order valence-corrected chi connectivity index (χ3v) is 3.12. The Morgan fingerprint density at radius 1 is 1.37 bits per heavy atom. The molecule has 0 aromatic heterocycles. The van der Waals surface area contributed by atoms with Crippen LogP contribution in [0, 0.1) is 6.92 Å². The first-order chi connectivity index (χ1) is 8.91. The zero-order chi connectivity index (χ0) is 14.4. The zero-order valence-electron chi connectivity index (χ0n) is 11.5. The van der Waals surface area contributed by atoms with Crippen molar-refractivity contribution in [3.63, 3.8) is 0 Å². The van der Waals surface area contributed by atoms with Gasteiger partial charge in [-0.25, -0.2) is 0 Å². The molecule has 0 spiro atoms. The maximum atomic E-state index is 12.1. The molecule has 5 heteroatoms. The van der Waals surface area contributed by atoms with Crippen LogP contribution in [-0.2, 0) is 9.59 Å². The largest absolute Gasteiger partial charge is 0.481 e. The summed E-state index contributed by atoms with van der Waals surface area (Å²) in [5, 5.41) is 11.5. The molecule has 1 aromatic rings. The molecule has 0 bridgehead atoms. The second-order valence-electron chi connectivity index (χ2n) is 4.60. The van der Waals surface area contributed by atoms with Gasteiger partial charge in [-0.3, -0.25) is 14.5 Å². The third kappa shape index (κ3) is 4.71. The molecule has 0 saturated heterocycles. The molecule has 0 fully saturated rings. The van der Waals surface area contributed by atoms with E-state index in [1.165, 1.54) is 0 Å². The average molecular weight is 264 g/mol. The number of carboxylic acids is 1. The van der Waals surface area contributed by atoms with Crippen molar-refractivity contribution in [2.24, 2.45) is 0 Å². The third-order valence-electron chi connectivity index (χ3n) is 3.12. The van der Waals surface area contributed by atoms with Gasteiger partial charge in [-0.15, -0.1) is 0 Å². The molecule has 1 aromatic carbocycles. The van der Waals surface area contributed by atoms with Crippen LogP contribution in [0.5, 0.6) is 0 Å². The number of likely N-dealkylation sites (N-methyl/N-ethyl adjacent to an activating group) is 1. The number of benzene rings is 1. The SMILES string of the molecule is Cc1ccccc1NC(=O)C(C)N(C)CCC(=O)O. The minimum atomic E-state index is -0.863. The molecule has 5 nitrogen and oxygen atoms in total. The Morgan fingerprint density at radius 3 is 2.58 bits per heavy atom. The Bertz CT molecular complexity index is 460. The highest BCUT2D eigenvalue weighted by molar-refractivity contribution is 5.95. The Morgan fingerprint density at radius 2 is 2.00 bits per heavy atom. The Balaban J connectivity index is 2.57. The first-order valence-electron chi connectivity index (χ1n) is 6.20. The van der Waals surface area contributed by atoms with E-state index < -0.39 is 5.97 Å². The van der Waals surface area contributed by atoms with E-state index in [1.54, 1.807) is 18.9 Å². The van der Waals surface area contributed by atoms with E-state index >= 15 is 0 Å².